The molecule has 1 atom stereocenters. The lowest BCUT2D eigenvalue weighted by atomic mass is 9.88. The number of halogens is 2. The Kier molecular flexibility index (Phi) is 5.28. The lowest BCUT2D eigenvalue weighted by Gasteiger charge is -2.34. The molecule has 2 nitrogen and oxygen atoms in total. The molecule has 1 N–H and O–H groups in total. The lowest BCUT2D eigenvalue weighted by molar-refractivity contribution is 0.0329. The molecule has 4 heteroatoms. The summed E-state index contributed by atoms with van der Waals surface area (Å²) in [6, 6.07) is 9.91. The molecule has 106 valence electrons. The second kappa shape index (κ2) is 6.96. The van der Waals surface area contributed by atoms with Crippen molar-refractivity contribution in [3.8, 4) is 0 Å². The van der Waals surface area contributed by atoms with E-state index in [0.717, 1.165) is 18.4 Å². The van der Waals surface area contributed by atoms with E-state index >= 15 is 0 Å². The number of aliphatic hydroxyl groups is 1. The van der Waals surface area contributed by atoms with Gasteiger partial charge >= 0.3 is 0 Å². The monoisotopic (exact) mass is 269 g/mol. The van der Waals surface area contributed by atoms with Gasteiger partial charge in [-0.1, -0.05) is 30.3 Å². The van der Waals surface area contributed by atoms with Crippen LogP contribution in [0.3, 0.4) is 0 Å². The molecule has 2 rings (SSSR count). The summed E-state index contributed by atoms with van der Waals surface area (Å²) in [4.78, 5) is 1.79. The molecule has 1 unspecified atom stereocenters. The zero-order valence-electron chi connectivity index (χ0n) is 11.0. The Morgan fingerprint density at radius 2 is 1.79 bits per heavy atom. The van der Waals surface area contributed by atoms with Crippen LogP contribution in [0.2, 0.25) is 0 Å². The van der Waals surface area contributed by atoms with E-state index in [4.69, 9.17) is 0 Å². The van der Waals surface area contributed by atoms with Gasteiger partial charge in [0.15, 0.2) is 0 Å². The van der Waals surface area contributed by atoms with Gasteiger partial charge in [-0.05, 0) is 43.8 Å². The van der Waals surface area contributed by atoms with Crippen molar-refractivity contribution in [1.82, 2.24) is 4.90 Å². The van der Waals surface area contributed by atoms with Crippen molar-refractivity contribution in [2.24, 2.45) is 5.92 Å². The van der Waals surface area contributed by atoms with Gasteiger partial charge in [-0.15, -0.1) is 0 Å². The first-order valence-electron chi connectivity index (χ1n) is 6.87. The fraction of sp³-hybridized carbons (Fsp3) is 0.600. The molecule has 0 saturated carbocycles. The van der Waals surface area contributed by atoms with Gasteiger partial charge in [0.1, 0.15) is 0 Å². The van der Waals surface area contributed by atoms with Gasteiger partial charge in [0, 0.05) is 0 Å². The van der Waals surface area contributed by atoms with Gasteiger partial charge in [-0.3, -0.25) is 4.90 Å². The molecular formula is C15H21F2NO. The van der Waals surface area contributed by atoms with Crippen LogP contribution in [0, 0.1) is 5.92 Å². The van der Waals surface area contributed by atoms with Crippen LogP contribution < -0.4 is 0 Å². The predicted octanol–water partition coefficient (Wildman–Crippen LogP) is 2.57. The molecule has 0 amide bonds. The molecule has 1 heterocycles. The smallest absolute Gasteiger partial charge is 0.251 e. The number of benzene rings is 1. The average Bonchev–Trinajstić information content (AvgIpc) is 2.40. The minimum absolute atomic E-state index is 0.137. The van der Waals surface area contributed by atoms with Crippen LogP contribution in [0.5, 0.6) is 0 Å². The predicted molar refractivity (Wildman–Crippen MR) is 71.3 cm³/mol. The van der Waals surface area contributed by atoms with Gasteiger partial charge in [0.05, 0.1) is 12.6 Å². The Labute approximate surface area is 113 Å². The average molecular weight is 269 g/mol. The van der Waals surface area contributed by atoms with Crippen molar-refractivity contribution in [1.29, 1.82) is 0 Å². The number of alkyl halides is 2. The summed E-state index contributed by atoms with van der Waals surface area (Å²) in [5.74, 6) is 0.231. The Morgan fingerprint density at radius 3 is 2.37 bits per heavy atom. The molecule has 0 bridgehead atoms. The second-order valence-electron chi connectivity index (χ2n) is 5.29. The third kappa shape index (κ3) is 4.55. The van der Waals surface area contributed by atoms with Crippen LogP contribution in [0.4, 0.5) is 8.78 Å². The first-order chi connectivity index (χ1) is 9.15. The molecule has 0 radical (unpaired) electrons. The Bertz CT molecular complexity index is 364. The summed E-state index contributed by atoms with van der Waals surface area (Å²) < 4.78 is 24.5. The summed E-state index contributed by atoms with van der Waals surface area (Å²) in [6.07, 6.45) is -0.358. The van der Waals surface area contributed by atoms with Crippen molar-refractivity contribution in [2.45, 2.75) is 31.8 Å². The van der Waals surface area contributed by atoms with E-state index in [9.17, 15) is 13.9 Å². The van der Waals surface area contributed by atoms with E-state index in [1.54, 1.807) is 4.90 Å². The molecule has 19 heavy (non-hydrogen) atoms. The van der Waals surface area contributed by atoms with Crippen LogP contribution in [0.1, 0.15) is 18.4 Å². The van der Waals surface area contributed by atoms with Gasteiger partial charge < -0.3 is 5.11 Å². The maximum Gasteiger partial charge on any atom is 0.251 e. The molecular weight excluding hydrogens is 248 g/mol. The number of aliphatic hydroxyl groups excluding tert-OH is 1. The van der Waals surface area contributed by atoms with Crippen molar-refractivity contribution in [2.75, 3.05) is 19.6 Å². The van der Waals surface area contributed by atoms with Crippen LogP contribution in [-0.4, -0.2) is 42.2 Å². The summed E-state index contributed by atoms with van der Waals surface area (Å²) in [6.45, 7) is 1.20. The van der Waals surface area contributed by atoms with Gasteiger partial charge in [-0.2, -0.15) is 0 Å². The fourth-order valence-electron chi connectivity index (χ4n) is 2.74. The van der Waals surface area contributed by atoms with Crippen molar-refractivity contribution in [3.05, 3.63) is 35.9 Å². The number of piperidine rings is 1. The molecule has 0 spiro atoms. The molecule has 1 aliphatic heterocycles. The number of rotatable bonds is 5. The van der Waals surface area contributed by atoms with Crippen molar-refractivity contribution >= 4 is 0 Å². The maximum absolute atomic E-state index is 12.3. The van der Waals surface area contributed by atoms with Crippen molar-refractivity contribution in [3.63, 3.8) is 0 Å². The number of likely N-dealkylation sites (tertiary alicyclic amines) is 1. The third-order valence-corrected chi connectivity index (χ3v) is 3.86. The first-order valence-corrected chi connectivity index (χ1v) is 6.87. The maximum atomic E-state index is 12.3. The van der Waals surface area contributed by atoms with E-state index < -0.39 is 6.43 Å². The highest BCUT2D eigenvalue weighted by molar-refractivity contribution is 5.15. The first kappa shape index (κ1) is 14.4. The number of hydrogen-bond donors (Lipinski definition) is 1. The molecule has 1 aromatic carbocycles. The molecule has 1 fully saturated rings. The minimum Gasteiger partial charge on any atom is -0.392 e. The van der Waals surface area contributed by atoms with E-state index in [0.29, 0.717) is 19.5 Å². The quantitative estimate of drug-likeness (QED) is 0.888. The van der Waals surface area contributed by atoms with E-state index in [1.165, 1.54) is 0 Å². The summed E-state index contributed by atoms with van der Waals surface area (Å²) in [5, 5.41) is 10.2. The van der Waals surface area contributed by atoms with Crippen LogP contribution >= 0.6 is 0 Å². The summed E-state index contributed by atoms with van der Waals surface area (Å²) in [7, 11) is 0. The van der Waals surface area contributed by atoms with E-state index in [-0.39, 0.29) is 18.6 Å². The Morgan fingerprint density at radius 1 is 1.16 bits per heavy atom. The highest BCUT2D eigenvalue weighted by Gasteiger charge is 2.26. The van der Waals surface area contributed by atoms with Gasteiger partial charge in [0.2, 0.25) is 0 Å². The molecule has 0 aliphatic carbocycles. The van der Waals surface area contributed by atoms with Crippen LogP contribution in [0.25, 0.3) is 0 Å². The largest absolute Gasteiger partial charge is 0.392 e. The van der Waals surface area contributed by atoms with Gasteiger partial charge in [0.25, 0.3) is 6.43 Å². The second-order valence-corrected chi connectivity index (χ2v) is 5.29. The third-order valence-electron chi connectivity index (χ3n) is 3.86. The molecule has 1 saturated heterocycles. The van der Waals surface area contributed by atoms with Gasteiger partial charge in [-0.25, -0.2) is 8.78 Å². The topological polar surface area (TPSA) is 23.5 Å². The minimum atomic E-state index is -2.26. The van der Waals surface area contributed by atoms with Crippen molar-refractivity contribution < 1.29 is 13.9 Å². The summed E-state index contributed by atoms with van der Waals surface area (Å²) in [5.41, 5.74) is 1.13. The molecule has 1 aliphatic rings. The van der Waals surface area contributed by atoms with E-state index in [1.807, 2.05) is 30.3 Å². The SMILES string of the molecule is OC(Cc1ccccc1)C1CCN(CC(F)F)CC1. The highest BCUT2D eigenvalue weighted by atomic mass is 19.3. The number of hydrogen-bond acceptors (Lipinski definition) is 2. The fourth-order valence-corrected chi connectivity index (χ4v) is 2.74. The number of nitrogens with zero attached hydrogens (tertiary/aromatic N) is 1. The highest BCUT2D eigenvalue weighted by Crippen LogP contribution is 2.23. The van der Waals surface area contributed by atoms with Crippen LogP contribution in [-0.2, 0) is 6.42 Å². The van der Waals surface area contributed by atoms with E-state index in [2.05, 4.69) is 0 Å². The zero-order chi connectivity index (χ0) is 13.7. The standard InChI is InChI=1S/C15H21F2NO/c16-15(17)11-18-8-6-13(7-9-18)14(19)10-12-4-2-1-3-5-12/h1-5,13-15,19H,6-11H2. The Balaban J connectivity index is 1.78. The molecule has 1 aromatic rings. The lowest BCUT2D eigenvalue weighted by Crippen LogP contribution is -2.40. The Hall–Kier alpha value is -1.00. The summed E-state index contributed by atoms with van der Waals surface area (Å²) >= 11 is 0. The zero-order valence-corrected chi connectivity index (χ0v) is 11.0. The molecule has 0 aromatic heterocycles. The van der Waals surface area contributed by atoms with Crippen LogP contribution in [0.15, 0.2) is 30.3 Å². The normalized spacial score (nSPS) is 19.8.